The third-order valence-electron chi connectivity index (χ3n) is 4.68. The normalized spacial score (nSPS) is 15.8. The van der Waals surface area contributed by atoms with Crippen LogP contribution in [0.1, 0.15) is 17.2 Å². The van der Waals surface area contributed by atoms with E-state index < -0.39 is 12.0 Å². The number of pyridine rings is 1. The molecule has 1 atom stereocenters. The van der Waals surface area contributed by atoms with Crippen LogP contribution < -0.4 is 10.3 Å². The maximum atomic E-state index is 12.6. The monoisotopic (exact) mass is 367 g/mol. The van der Waals surface area contributed by atoms with Crippen LogP contribution >= 0.6 is 11.8 Å². The third-order valence-corrected chi connectivity index (χ3v) is 5.82. The predicted octanol–water partition coefficient (Wildman–Crippen LogP) is 3.33. The van der Waals surface area contributed by atoms with E-state index in [-0.39, 0.29) is 5.56 Å². The molecule has 0 unspecified atom stereocenters. The molecule has 0 radical (unpaired) electrons. The number of carbonyl (C=O) groups is 1. The summed E-state index contributed by atoms with van der Waals surface area (Å²) in [6.07, 6.45) is 0.548. The van der Waals surface area contributed by atoms with Gasteiger partial charge in [0, 0.05) is 23.8 Å². The van der Waals surface area contributed by atoms with E-state index in [1.165, 1.54) is 22.4 Å². The van der Waals surface area contributed by atoms with Crippen molar-refractivity contribution in [3.8, 4) is 5.75 Å². The quantitative estimate of drug-likeness (QED) is 0.766. The van der Waals surface area contributed by atoms with Crippen LogP contribution in [0.25, 0.3) is 10.8 Å². The molecule has 1 aliphatic rings. The van der Waals surface area contributed by atoms with Gasteiger partial charge in [-0.3, -0.25) is 9.36 Å². The topological polar surface area (TPSA) is 68.5 Å². The number of fused-ring (bicyclic) bond motifs is 2. The summed E-state index contributed by atoms with van der Waals surface area (Å²) in [5, 5.41) is 12.2. The van der Waals surface area contributed by atoms with E-state index in [2.05, 4.69) is 18.2 Å². The number of aliphatic carboxylic acids is 1. The van der Waals surface area contributed by atoms with Crippen molar-refractivity contribution in [3.05, 3.63) is 70.0 Å². The van der Waals surface area contributed by atoms with E-state index in [1.54, 1.807) is 7.11 Å². The van der Waals surface area contributed by atoms with Crippen LogP contribution in [-0.4, -0.2) is 28.5 Å². The van der Waals surface area contributed by atoms with Gasteiger partial charge in [-0.25, -0.2) is 4.79 Å². The summed E-state index contributed by atoms with van der Waals surface area (Å²) in [4.78, 5) is 24.0. The number of carboxylic acid groups (broad SMARTS) is 1. The molecular weight excluding hydrogens is 350 g/mol. The Bertz CT molecular complexity index is 1070. The molecule has 1 aromatic heterocycles. The van der Waals surface area contributed by atoms with Crippen molar-refractivity contribution < 1.29 is 14.6 Å². The standard InChI is InChI=1S/C20H17NO4S/c1-25-18-14(9-13-7-4-6-12-5-2-3-8-15(12)13)10-17(22)21-16(20(23)24)11-26-19(18)21/h2-8,10,16H,9,11H2,1H3,(H,23,24)/t16-/m0/s1. The third kappa shape index (κ3) is 2.66. The number of hydrogen-bond donors (Lipinski definition) is 1. The highest BCUT2D eigenvalue weighted by Gasteiger charge is 2.33. The number of ether oxygens (including phenoxy) is 1. The van der Waals surface area contributed by atoms with E-state index in [4.69, 9.17) is 4.74 Å². The molecule has 2 aromatic carbocycles. The fraction of sp³-hybridized carbons (Fsp3) is 0.200. The number of carboxylic acids is 1. The van der Waals surface area contributed by atoms with E-state index in [1.807, 2.05) is 24.3 Å². The zero-order chi connectivity index (χ0) is 18.3. The molecule has 6 heteroatoms. The minimum absolute atomic E-state index is 0.298. The first-order valence-electron chi connectivity index (χ1n) is 8.25. The molecule has 0 spiro atoms. The zero-order valence-corrected chi connectivity index (χ0v) is 15.0. The average Bonchev–Trinajstić information content (AvgIpc) is 3.08. The lowest BCUT2D eigenvalue weighted by atomic mass is 9.98. The van der Waals surface area contributed by atoms with E-state index >= 15 is 0 Å². The van der Waals surface area contributed by atoms with E-state index in [9.17, 15) is 14.7 Å². The summed E-state index contributed by atoms with van der Waals surface area (Å²) in [6.45, 7) is 0. The highest BCUT2D eigenvalue weighted by Crippen LogP contribution is 2.40. The number of nitrogens with zero attached hydrogens (tertiary/aromatic N) is 1. The van der Waals surface area contributed by atoms with Gasteiger partial charge in [0.05, 0.1) is 7.11 Å². The van der Waals surface area contributed by atoms with Gasteiger partial charge in [0.25, 0.3) is 5.56 Å². The molecule has 0 aliphatic carbocycles. The minimum Gasteiger partial charge on any atom is -0.494 e. The van der Waals surface area contributed by atoms with Gasteiger partial charge in [0.1, 0.15) is 11.1 Å². The number of aromatic nitrogens is 1. The predicted molar refractivity (Wildman–Crippen MR) is 101 cm³/mol. The highest BCUT2D eigenvalue weighted by atomic mass is 32.2. The number of methoxy groups -OCH3 is 1. The Morgan fingerprint density at radius 1 is 1.23 bits per heavy atom. The largest absolute Gasteiger partial charge is 0.494 e. The van der Waals surface area contributed by atoms with Gasteiger partial charge in [0.2, 0.25) is 0 Å². The Balaban J connectivity index is 1.84. The van der Waals surface area contributed by atoms with E-state index in [0.29, 0.717) is 22.9 Å². The molecule has 26 heavy (non-hydrogen) atoms. The van der Waals surface area contributed by atoms with Gasteiger partial charge in [-0.1, -0.05) is 42.5 Å². The molecule has 2 heterocycles. The number of thioether (sulfide) groups is 1. The number of rotatable bonds is 4. The molecule has 1 aliphatic heterocycles. The molecule has 0 bridgehead atoms. The Labute approximate surface area is 154 Å². The summed E-state index contributed by atoms with van der Waals surface area (Å²) in [6, 6.07) is 14.9. The first-order chi connectivity index (χ1) is 12.6. The molecule has 0 amide bonds. The second-order valence-electron chi connectivity index (χ2n) is 6.20. The Morgan fingerprint density at radius 2 is 2.00 bits per heavy atom. The molecule has 0 saturated heterocycles. The van der Waals surface area contributed by atoms with Crippen LogP contribution in [0.15, 0.2) is 58.4 Å². The van der Waals surface area contributed by atoms with Crippen LogP contribution in [0.3, 0.4) is 0 Å². The first-order valence-corrected chi connectivity index (χ1v) is 9.23. The van der Waals surface area contributed by atoms with Crippen LogP contribution in [-0.2, 0) is 11.2 Å². The van der Waals surface area contributed by atoms with E-state index in [0.717, 1.165) is 21.9 Å². The maximum Gasteiger partial charge on any atom is 0.327 e. The summed E-state index contributed by atoms with van der Waals surface area (Å²) >= 11 is 1.36. The fourth-order valence-electron chi connectivity index (χ4n) is 3.48. The lowest BCUT2D eigenvalue weighted by Gasteiger charge is -2.16. The minimum atomic E-state index is -0.998. The molecule has 0 saturated carbocycles. The van der Waals surface area contributed by atoms with Gasteiger partial charge >= 0.3 is 5.97 Å². The van der Waals surface area contributed by atoms with Gasteiger partial charge in [-0.2, -0.15) is 0 Å². The Hall–Kier alpha value is -2.73. The summed E-state index contributed by atoms with van der Waals surface area (Å²) in [5.74, 6) is -0.0768. The lowest BCUT2D eigenvalue weighted by molar-refractivity contribution is -0.140. The van der Waals surface area contributed by atoms with Gasteiger partial charge in [0.15, 0.2) is 5.75 Å². The van der Waals surface area contributed by atoms with Crippen molar-refractivity contribution in [2.24, 2.45) is 0 Å². The fourth-order valence-corrected chi connectivity index (χ4v) is 4.79. The van der Waals surface area contributed by atoms with Gasteiger partial charge in [-0.05, 0) is 16.3 Å². The van der Waals surface area contributed by atoms with Crippen molar-refractivity contribution >= 4 is 28.5 Å². The van der Waals surface area contributed by atoms with Crippen molar-refractivity contribution in [2.75, 3.05) is 12.9 Å². The molecule has 5 nitrogen and oxygen atoms in total. The molecule has 4 rings (SSSR count). The number of hydrogen-bond acceptors (Lipinski definition) is 4. The highest BCUT2D eigenvalue weighted by molar-refractivity contribution is 7.99. The first kappa shape index (κ1) is 16.7. The molecule has 3 aromatic rings. The van der Waals surface area contributed by atoms with Crippen molar-refractivity contribution in [2.45, 2.75) is 17.5 Å². The smallest absolute Gasteiger partial charge is 0.327 e. The van der Waals surface area contributed by atoms with Crippen LogP contribution in [0.5, 0.6) is 5.75 Å². The van der Waals surface area contributed by atoms with Gasteiger partial charge < -0.3 is 9.84 Å². The summed E-state index contributed by atoms with van der Waals surface area (Å²) < 4.78 is 6.91. The van der Waals surface area contributed by atoms with Crippen LogP contribution in [0.2, 0.25) is 0 Å². The lowest BCUT2D eigenvalue weighted by Crippen LogP contribution is -2.29. The van der Waals surface area contributed by atoms with Crippen LogP contribution in [0.4, 0.5) is 0 Å². The van der Waals surface area contributed by atoms with Gasteiger partial charge in [-0.15, -0.1) is 11.8 Å². The maximum absolute atomic E-state index is 12.6. The zero-order valence-electron chi connectivity index (χ0n) is 14.1. The van der Waals surface area contributed by atoms with Crippen molar-refractivity contribution in [3.63, 3.8) is 0 Å². The van der Waals surface area contributed by atoms with Crippen LogP contribution in [0, 0.1) is 0 Å². The second kappa shape index (κ2) is 6.53. The van der Waals surface area contributed by atoms with Crippen molar-refractivity contribution in [1.82, 2.24) is 4.57 Å². The molecule has 1 N–H and O–H groups in total. The second-order valence-corrected chi connectivity index (χ2v) is 7.21. The SMILES string of the molecule is COc1c(Cc2cccc3ccccc23)cc(=O)n2c1SC[C@H]2C(=O)O. The molecular formula is C20H17NO4S. The Kier molecular flexibility index (Phi) is 4.20. The molecule has 132 valence electrons. The average molecular weight is 367 g/mol. The molecule has 0 fully saturated rings. The Morgan fingerprint density at radius 3 is 2.77 bits per heavy atom. The summed E-state index contributed by atoms with van der Waals surface area (Å²) in [5.41, 5.74) is 1.58. The number of benzene rings is 2. The summed E-state index contributed by atoms with van der Waals surface area (Å²) in [7, 11) is 1.56. The van der Waals surface area contributed by atoms with Crippen molar-refractivity contribution in [1.29, 1.82) is 0 Å².